The van der Waals surface area contributed by atoms with Crippen LogP contribution in [0, 0.1) is 12.7 Å². The van der Waals surface area contributed by atoms with E-state index < -0.39 is 30.3 Å². The predicted octanol–water partition coefficient (Wildman–Crippen LogP) is 4.49. The summed E-state index contributed by atoms with van der Waals surface area (Å²) in [5.41, 5.74) is 1.33. The van der Waals surface area contributed by atoms with Crippen LogP contribution in [-0.2, 0) is 7.05 Å². The van der Waals surface area contributed by atoms with Gasteiger partial charge in [0.15, 0.2) is 0 Å². The number of hydrogen-bond acceptors (Lipinski definition) is 5. The van der Waals surface area contributed by atoms with Crippen LogP contribution >= 0.6 is 0 Å². The molecule has 10 heteroatoms. The van der Waals surface area contributed by atoms with Crippen molar-refractivity contribution in [3.8, 4) is 0 Å². The van der Waals surface area contributed by atoms with E-state index in [9.17, 15) is 27.9 Å². The molecule has 180 valence electrons. The Morgan fingerprint density at radius 3 is 2.68 bits per heavy atom. The van der Waals surface area contributed by atoms with Gasteiger partial charge in [0.25, 0.3) is 11.5 Å². The number of halogens is 3. The number of fused-ring (bicyclic) bond motifs is 1. The third kappa shape index (κ3) is 4.44. The number of aryl methyl sites for hydroxylation is 1. The normalized spacial score (nSPS) is 16.5. The van der Waals surface area contributed by atoms with Crippen LogP contribution in [0.5, 0.6) is 0 Å². The van der Waals surface area contributed by atoms with Crippen molar-refractivity contribution in [2.75, 3.05) is 23.3 Å². The SMILES string of the molecule is Cc1cc([C@@H](C)Nc2ccc(F)cc2C(=O)O)c2nc(N3CCCC(F)(F)C3)n(C)c(=O)c2c1. The second-order valence-electron chi connectivity index (χ2n) is 8.77. The van der Waals surface area contributed by atoms with Crippen molar-refractivity contribution in [1.82, 2.24) is 9.55 Å². The summed E-state index contributed by atoms with van der Waals surface area (Å²) in [6.07, 6.45) is 0.0716. The summed E-state index contributed by atoms with van der Waals surface area (Å²) in [6, 6.07) is 6.38. The lowest BCUT2D eigenvalue weighted by Gasteiger charge is -2.34. The maximum absolute atomic E-state index is 14.1. The highest BCUT2D eigenvalue weighted by atomic mass is 19.3. The number of nitrogens with one attached hydrogen (secondary N) is 1. The molecule has 1 fully saturated rings. The van der Waals surface area contributed by atoms with Crippen molar-refractivity contribution in [2.45, 2.75) is 38.7 Å². The average molecular weight is 474 g/mol. The van der Waals surface area contributed by atoms with Gasteiger partial charge in [0.05, 0.1) is 29.1 Å². The first-order valence-corrected chi connectivity index (χ1v) is 10.9. The van der Waals surface area contributed by atoms with Gasteiger partial charge in [-0.25, -0.2) is 22.9 Å². The predicted molar refractivity (Wildman–Crippen MR) is 124 cm³/mol. The summed E-state index contributed by atoms with van der Waals surface area (Å²) < 4.78 is 43.0. The standard InChI is InChI=1S/C24H25F3N4O3/c1-13-9-16(14(2)28-19-6-5-15(25)11-17(19)22(33)34)20-18(10-13)21(32)30(3)23(29-20)31-8-4-7-24(26,27)12-31/h5-6,9-11,14,28H,4,7-8,12H2,1-3H3,(H,33,34)/t14-/m1/s1. The third-order valence-electron chi connectivity index (χ3n) is 6.06. The fraction of sp³-hybridized carbons (Fsp3) is 0.375. The number of nitrogens with zero attached hydrogens (tertiary/aromatic N) is 3. The molecule has 0 aliphatic carbocycles. The molecular formula is C24H25F3N4O3. The lowest BCUT2D eigenvalue weighted by atomic mass is 10.0. The molecule has 1 aliphatic heterocycles. The van der Waals surface area contributed by atoms with Gasteiger partial charge in [-0.05, 0) is 50.1 Å². The van der Waals surface area contributed by atoms with Crippen LogP contribution in [0.3, 0.4) is 0 Å². The fourth-order valence-corrected chi connectivity index (χ4v) is 4.42. The molecule has 1 atom stereocenters. The Labute approximate surface area is 193 Å². The number of benzene rings is 2. The van der Waals surface area contributed by atoms with Crippen LogP contribution in [0.2, 0.25) is 0 Å². The topological polar surface area (TPSA) is 87.5 Å². The number of anilines is 2. The number of aromatic nitrogens is 2. The Kier molecular flexibility index (Phi) is 6.01. The first-order chi connectivity index (χ1) is 16.0. The zero-order valence-electron chi connectivity index (χ0n) is 19.0. The maximum Gasteiger partial charge on any atom is 0.337 e. The van der Waals surface area contributed by atoms with E-state index in [0.717, 1.165) is 17.7 Å². The lowest BCUT2D eigenvalue weighted by Crippen LogP contribution is -2.45. The lowest BCUT2D eigenvalue weighted by molar-refractivity contribution is -0.0122. The van der Waals surface area contributed by atoms with E-state index in [1.807, 2.05) is 13.0 Å². The van der Waals surface area contributed by atoms with E-state index >= 15 is 0 Å². The molecule has 1 aromatic heterocycles. The van der Waals surface area contributed by atoms with Crippen LogP contribution in [0.25, 0.3) is 10.9 Å². The Morgan fingerprint density at radius 2 is 2.00 bits per heavy atom. The highest BCUT2D eigenvalue weighted by Gasteiger charge is 2.36. The van der Waals surface area contributed by atoms with Crippen molar-refractivity contribution >= 4 is 28.5 Å². The minimum atomic E-state index is -2.87. The molecule has 3 aromatic rings. The molecule has 34 heavy (non-hydrogen) atoms. The van der Waals surface area contributed by atoms with Crippen LogP contribution in [0.4, 0.5) is 24.8 Å². The summed E-state index contributed by atoms with van der Waals surface area (Å²) in [5.74, 6) is -4.68. The summed E-state index contributed by atoms with van der Waals surface area (Å²) in [7, 11) is 1.51. The van der Waals surface area contributed by atoms with Crippen LogP contribution in [-0.4, -0.2) is 39.6 Å². The molecule has 0 radical (unpaired) electrons. The zero-order valence-corrected chi connectivity index (χ0v) is 19.0. The van der Waals surface area contributed by atoms with E-state index in [1.165, 1.54) is 22.6 Å². The first-order valence-electron chi connectivity index (χ1n) is 10.9. The number of aromatic carboxylic acids is 1. The van der Waals surface area contributed by atoms with E-state index in [0.29, 0.717) is 23.0 Å². The van der Waals surface area contributed by atoms with Crippen molar-refractivity contribution in [3.63, 3.8) is 0 Å². The molecule has 7 nitrogen and oxygen atoms in total. The Bertz CT molecular complexity index is 1340. The number of carboxylic acids is 1. The molecule has 0 unspecified atom stereocenters. The zero-order chi connectivity index (χ0) is 24.8. The van der Waals surface area contributed by atoms with Crippen LogP contribution < -0.4 is 15.8 Å². The average Bonchev–Trinajstić information content (AvgIpc) is 2.76. The van der Waals surface area contributed by atoms with Gasteiger partial charge in [-0.2, -0.15) is 0 Å². The van der Waals surface area contributed by atoms with Gasteiger partial charge in [-0.1, -0.05) is 6.07 Å². The number of piperidine rings is 1. The third-order valence-corrected chi connectivity index (χ3v) is 6.06. The van der Waals surface area contributed by atoms with Gasteiger partial charge in [0.2, 0.25) is 5.95 Å². The van der Waals surface area contributed by atoms with Crippen molar-refractivity contribution in [2.24, 2.45) is 7.05 Å². The smallest absolute Gasteiger partial charge is 0.337 e. The molecule has 2 N–H and O–H groups in total. The van der Waals surface area contributed by atoms with E-state index in [-0.39, 0.29) is 35.6 Å². The van der Waals surface area contributed by atoms with E-state index in [2.05, 4.69) is 10.3 Å². The van der Waals surface area contributed by atoms with Gasteiger partial charge in [0.1, 0.15) is 5.82 Å². The molecule has 2 aromatic carbocycles. The fourth-order valence-electron chi connectivity index (χ4n) is 4.42. The van der Waals surface area contributed by atoms with Gasteiger partial charge < -0.3 is 15.3 Å². The van der Waals surface area contributed by atoms with E-state index in [1.54, 1.807) is 13.0 Å². The molecule has 0 amide bonds. The minimum Gasteiger partial charge on any atom is -0.478 e. The van der Waals surface area contributed by atoms with Gasteiger partial charge in [-0.15, -0.1) is 0 Å². The monoisotopic (exact) mass is 474 g/mol. The number of hydrogen-bond donors (Lipinski definition) is 2. The molecule has 1 saturated heterocycles. The number of rotatable bonds is 5. The second kappa shape index (κ2) is 8.66. The highest BCUT2D eigenvalue weighted by Crippen LogP contribution is 2.32. The quantitative estimate of drug-likeness (QED) is 0.567. The minimum absolute atomic E-state index is 0.155. The van der Waals surface area contributed by atoms with Crippen LogP contribution in [0.1, 0.15) is 47.3 Å². The van der Waals surface area contributed by atoms with Crippen LogP contribution in [0.15, 0.2) is 35.1 Å². The molecule has 2 heterocycles. The van der Waals surface area contributed by atoms with Crippen molar-refractivity contribution in [3.05, 3.63) is 63.2 Å². The second-order valence-corrected chi connectivity index (χ2v) is 8.77. The summed E-state index contributed by atoms with van der Waals surface area (Å²) >= 11 is 0. The van der Waals surface area contributed by atoms with Gasteiger partial charge in [0, 0.05) is 31.3 Å². The summed E-state index contributed by atoms with van der Waals surface area (Å²) in [4.78, 5) is 30.8. The molecular weight excluding hydrogens is 449 g/mol. The maximum atomic E-state index is 14.1. The largest absolute Gasteiger partial charge is 0.478 e. The number of alkyl halides is 2. The molecule has 1 aliphatic rings. The molecule has 0 bridgehead atoms. The van der Waals surface area contributed by atoms with Gasteiger partial charge in [-0.3, -0.25) is 9.36 Å². The van der Waals surface area contributed by atoms with Crippen molar-refractivity contribution < 1.29 is 23.1 Å². The first kappa shape index (κ1) is 23.6. The van der Waals surface area contributed by atoms with Gasteiger partial charge >= 0.3 is 5.97 Å². The number of carbonyl (C=O) groups is 1. The van der Waals surface area contributed by atoms with E-state index in [4.69, 9.17) is 0 Å². The highest BCUT2D eigenvalue weighted by molar-refractivity contribution is 5.94. The molecule has 4 rings (SSSR count). The molecule has 0 saturated carbocycles. The molecule has 0 spiro atoms. The Hall–Kier alpha value is -3.56. The summed E-state index contributed by atoms with van der Waals surface area (Å²) in [5, 5.41) is 12.9. The Morgan fingerprint density at radius 1 is 1.26 bits per heavy atom. The summed E-state index contributed by atoms with van der Waals surface area (Å²) in [6.45, 7) is 3.41. The Balaban J connectivity index is 1.82. The van der Waals surface area contributed by atoms with Crippen molar-refractivity contribution in [1.29, 1.82) is 0 Å². The number of carboxylic acid groups (broad SMARTS) is 1.